The number of anilines is 3. The number of nitrogens with zero attached hydrogens (tertiary/aromatic N) is 1. The van der Waals surface area contributed by atoms with Gasteiger partial charge in [0.15, 0.2) is 0 Å². The summed E-state index contributed by atoms with van der Waals surface area (Å²) in [6.07, 6.45) is 0. The van der Waals surface area contributed by atoms with Gasteiger partial charge >= 0.3 is 0 Å². The zero-order chi connectivity index (χ0) is 39.1. The molecule has 0 aliphatic heterocycles. The van der Waals surface area contributed by atoms with Crippen molar-refractivity contribution in [3.05, 3.63) is 237 Å². The van der Waals surface area contributed by atoms with Gasteiger partial charge in [-0.05, 0) is 124 Å². The summed E-state index contributed by atoms with van der Waals surface area (Å²) in [5.74, 6) is 0. The molecule has 1 nitrogen and oxygen atoms in total. The highest BCUT2D eigenvalue weighted by Gasteiger charge is 2.20. The van der Waals surface area contributed by atoms with E-state index in [4.69, 9.17) is 0 Å². The summed E-state index contributed by atoms with van der Waals surface area (Å²) in [5.41, 5.74) is 12.8. The Morgan fingerprint density at radius 3 is 1.08 bits per heavy atom. The second-order valence-electron chi connectivity index (χ2n) is 15.3. The molecular formula is C58H39N. The van der Waals surface area contributed by atoms with E-state index >= 15 is 0 Å². The van der Waals surface area contributed by atoms with Crippen molar-refractivity contribution in [3.63, 3.8) is 0 Å². The first kappa shape index (κ1) is 34.5. The van der Waals surface area contributed by atoms with Gasteiger partial charge in [0.2, 0.25) is 0 Å². The predicted molar refractivity (Wildman–Crippen MR) is 253 cm³/mol. The van der Waals surface area contributed by atoms with Gasteiger partial charge in [0.05, 0.1) is 5.69 Å². The second-order valence-corrected chi connectivity index (χ2v) is 15.3. The Bertz CT molecular complexity index is 3130. The molecule has 0 aromatic heterocycles. The molecule has 11 aromatic rings. The maximum Gasteiger partial charge on any atom is 0.0546 e. The fourth-order valence-electron chi connectivity index (χ4n) is 8.98. The molecule has 276 valence electrons. The predicted octanol–water partition coefficient (Wildman–Crippen LogP) is 16.4. The molecule has 59 heavy (non-hydrogen) atoms. The molecule has 0 spiro atoms. The summed E-state index contributed by atoms with van der Waals surface area (Å²) in [4.78, 5) is 2.43. The van der Waals surface area contributed by atoms with Gasteiger partial charge in [-0.25, -0.2) is 0 Å². The van der Waals surface area contributed by atoms with E-state index in [2.05, 4.69) is 241 Å². The van der Waals surface area contributed by atoms with Crippen LogP contribution in [0, 0.1) is 0 Å². The molecule has 1 heteroatoms. The number of rotatable bonds is 7. The third kappa shape index (κ3) is 6.21. The van der Waals surface area contributed by atoms with Crippen molar-refractivity contribution in [2.45, 2.75) is 0 Å². The zero-order valence-corrected chi connectivity index (χ0v) is 32.5. The summed E-state index contributed by atoms with van der Waals surface area (Å²) in [7, 11) is 0. The standard InChI is InChI=1S/C58H39N/c1-3-15-40(16-4-1)44-31-36-51(41-17-5-2-6-18-41)58(39-44)59(47-32-27-42(28-33-47)56-37-45-19-7-9-21-49(45)52-23-11-13-25-54(52)56)48-34-29-43(30-35-48)57-38-46-20-8-10-22-50(46)53-24-12-14-26-55(53)57/h1-39H. The number of benzene rings is 11. The van der Waals surface area contributed by atoms with E-state index in [0.29, 0.717) is 0 Å². The lowest BCUT2D eigenvalue weighted by Crippen LogP contribution is -2.11. The van der Waals surface area contributed by atoms with Crippen molar-refractivity contribution in [1.82, 2.24) is 0 Å². The minimum Gasteiger partial charge on any atom is -0.310 e. The lowest BCUT2D eigenvalue weighted by Gasteiger charge is -2.29. The number of hydrogen-bond acceptors (Lipinski definition) is 1. The number of fused-ring (bicyclic) bond motifs is 6. The molecular weight excluding hydrogens is 711 g/mol. The molecule has 11 rings (SSSR count). The van der Waals surface area contributed by atoms with E-state index in [1.165, 1.54) is 87.6 Å². The third-order valence-corrected chi connectivity index (χ3v) is 11.8. The molecule has 0 aliphatic rings. The van der Waals surface area contributed by atoms with Gasteiger partial charge in [0, 0.05) is 16.9 Å². The largest absolute Gasteiger partial charge is 0.310 e. The monoisotopic (exact) mass is 749 g/mol. The van der Waals surface area contributed by atoms with E-state index in [-0.39, 0.29) is 0 Å². The van der Waals surface area contributed by atoms with Gasteiger partial charge in [-0.2, -0.15) is 0 Å². The van der Waals surface area contributed by atoms with Crippen molar-refractivity contribution in [2.75, 3.05) is 4.90 Å². The van der Waals surface area contributed by atoms with Crippen LogP contribution >= 0.6 is 0 Å². The van der Waals surface area contributed by atoms with Gasteiger partial charge in [-0.3, -0.25) is 0 Å². The summed E-state index contributed by atoms with van der Waals surface area (Å²) >= 11 is 0. The van der Waals surface area contributed by atoms with Gasteiger partial charge in [0.25, 0.3) is 0 Å². The topological polar surface area (TPSA) is 3.24 Å². The van der Waals surface area contributed by atoms with Crippen LogP contribution in [0.5, 0.6) is 0 Å². The van der Waals surface area contributed by atoms with Crippen LogP contribution in [-0.2, 0) is 0 Å². The van der Waals surface area contributed by atoms with Crippen LogP contribution in [0.3, 0.4) is 0 Å². The maximum absolute atomic E-state index is 2.43. The second kappa shape index (κ2) is 14.6. The lowest BCUT2D eigenvalue weighted by atomic mass is 9.92. The first-order chi connectivity index (χ1) is 29.3. The Balaban J connectivity index is 1.10. The molecule has 0 saturated carbocycles. The van der Waals surface area contributed by atoms with Gasteiger partial charge in [-0.1, -0.05) is 194 Å². The minimum atomic E-state index is 1.09. The molecule has 0 heterocycles. The molecule has 0 saturated heterocycles. The third-order valence-electron chi connectivity index (χ3n) is 11.8. The molecule has 0 unspecified atom stereocenters. The Labute approximate surface area is 344 Å². The maximum atomic E-state index is 2.43. The lowest BCUT2D eigenvalue weighted by molar-refractivity contribution is 1.28. The summed E-state index contributed by atoms with van der Waals surface area (Å²) in [6, 6.07) is 86.3. The minimum absolute atomic E-state index is 1.09. The van der Waals surface area contributed by atoms with E-state index in [1.54, 1.807) is 0 Å². The van der Waals surface area contributed by atoms with Crippen LogP contribution in [0.2, 0.25) is 0 Å². The fraction of sp³-hybridized carbons (Fsp3) is 0. The van der Waals surface area contributed by atoms with Crippen molar-refractivity contribution in [3.8, 4) is 44.5 Å². The first-order valence-electron chi connectivity index (χ1n) is 20.3. The van der Waals surface area contributed by atoms with Crippen molar-refractivity contribution >= 4 is 60.2 Å². The Hall–Kier alpha value is -7.74. The van der Waals surface area contributed by atoms with Crippen LogP contribution < -0.4 is 4.90 Å². The highest BCUT2D eigenvalue weighted by Crippen LogP contribution is 2.45. The van der Waals surface area contributed by atoms with Crippen molar-refractivity contribution < 1.29 is 0 Å². The highest BCUT2D eigenvalue weighted by atomic mass is 15.1. The molecule has 0 bridgehead atoms. The van der Waals surface area contributed by atoms with E-state index in [0.717, 1.165) is 17.1 Å². The van der Waals surface area contributed by atoms with Crippen LogP contribution in [0.4, 0.5) is 17.1 Å². The highest BCUT2D eigenvalue weighted by molar-refractivity contribution is 6.15. The summed E-state index contributed by atoms with van der Waals surface area (Å²) in [6.45, 7) is 0. The zero-order valence-electron chi connectivity index (χ0n) is 32.5. The molecule has 0 aliphatic carbocycles. The molecule has 11 aromatic carbocycles. The number of hydrogen-bond donors (Lipinski definition) is 0. The SMILES string of the molecule is c1ccc(-c2ccc(-c3ccccc3)c(N(c3ccc(-c4cc5ccccc5c5ccccc45)cc3)c3ccc(-c4cc5ccccc5c5ccccc45)cc3)c2)cc1. The van der Waals surface area contributed by atoms with E-state index in [1.807, 2.05) is 0 Å². The van der Waals surface area contributed by atoms with Gasteiger partial charge in [0.1, 0.15) is 0 Å². The molecule has 0 fully saturated rings. The smallest absolute Gasteiger partial charge is 0.0546 e. The normalized spacial score (nSPS) is 11.4. The molecule has 0 radical (unpaired) electrons. The molecule has 0 amide bonds. The van der Waals surface area contributed by atoms with Crippen LogP contribution in [-0.4, -0.2) is 0 Å². The average Bonchev–Trinajstić information content (AvgIpc) is 3.32. The fourth-order valence-corrected chi connectivity index (χ4v) is 8.98. The summed E-state index contributed by atoms with van der Waals surface area (Å²) in [5, 5.41) is 10.1. The Kier molecular flexibility index (Phi) is 8.56. The molecule has 0 atom stereocenters. The quantitative estimate of drug-likeness (QED) is 0.147. The first-order valence-corrected chi connectivity index (χ1v) is 20.3. The summed E-state index contributed by atoms with van der Waals surface area (Å²) < 4.78 is 0. The van der Waals surface area contributed by atoms with Gasteiger partial charge < -0.3 is 4.90 Å². The Morgan fingerprint density at radius 2 is 0.593 bits per heavy atom. The average molecular weight is 750 g/mol. The van der Waals surface area contributed by atoms with Crippen molar-refractivity contribution in [2.24, 2.45) is 0 Å². The molecule has 0 N–H and O–H groups in total. The Morgan fingerprint density at radius 1 is 0.220 bits per heavy atom. The van der Waals surface area contributed by atoms with Crippen LogP contribution in [0.25, 0.3) is 87.6 Å². The van der Waals surface area contributed by atoms with Crippen LogP contribution in [0.15, 0.2) is 237 Å². The van der Waals surface area contributed by atoms with Crippen LogP contribution in [0.1, 0.15) is 0 Å². The van der Waals surface area contributed by atoms with E-state index in [9.17, 15) is 0 Å². The van der Waals surface area contributed by atoms with Gasteiger partial charge in [-0.15, -0.1) is 0 Å². The van der Waals surface area contributed by atoms with Crippen molar-refractivity contribution in [1.29, 1.82) is 0 Å². The van der Waals surface area contributed by atoms with E-state index < -0.39 is 0 Å².